The van der Waals surface area contributed by atoms with E-state index in [-0.39, 0.29) is 19.1 Å². The molecule has 0 saturated carbocycles. The number of carbonyl (C=O) groups is 2. The van der Waals surface area contributed by atoms with Crippen molar-refractivity contribution in [2.75, 3.05) is 6.61 Å². The van der Waals surface area contributed by atoms with Crippen LogP contribution < -0.4 is 15.6 Å². The molecule has 6 nitrogen and oxygen atoms in total. The number of hydrazine groups is 1. The monoisotopic (exact) mass is 429 g/mol. The molecule has 2 aromatic carbocycles. The molecule has 0 atom stereocenters. The smallest absolute Gasteiger partial charge is 0.276 e. The largest absolute Gasteiger partial charge is 0.483 e. The highest BCUT2D eigenvalue weighted by Crippen LogP contribution is 2.27. The molecule has 0 bridgehead atoms. The Balaban J connectivity index is 1.50. The van der Waals surface area contributed by atoms with E-state index in [9.17, 15) is 9.59 Å². The van der Waals surface area contributed by atoms with Gasteiger partial charge in [-0.15, -0.1) is 0 Å². The Morgan fingerprint density at radius 2 is 1.70 bits per heavy atom. The van der Waals surface area contributed by atoms with Crippen LogP contribution in [0.15, 0.2) is 53.1 Å². The van der Waals surface area contributed by atoms with Crippen LogP contribution in [0.5, 0.6) is 5.75 Å². The minimum Gasteiger partial charge on any atom is -0.483 e. The summed E-state index contributed by atoms with van der Waals surface area (Å²) in [5, 5.41) is 1.06. The number of para-hydroxylation sites is 1. The van der Waals surface area contributed by atoms with Gasteiger partial charge in [-0.3, -0.25) is 20.4 Å². The molecule has 3 aromatic rings. The first kappa shape index (κ1) is 19.0. The summed E-state index contributed by atoms with van der Waals surface area (Å²) in [6, 6.07) is 13.6. The number of ether oxygens (including phenoxy) is 1. The van der Waals surface area contributed by atoms with Gasteiger partial charge in [0, 0.05) is 16.2 Å². The number of rotatable bonds is 5. The van der Waals surface area contributed by atoms with Gasteiger partial charge < -0.3 is 9.30 Å². The lowest BCUT2D eigenvalue weighted by Gasteiger charge is -2.13. The van der Waals surface area contributed by atoms with Gasteiger partial charge in [-0.1, -0.05) is 34.1 Å². The van der Waals surface area contributed by atoms with Crippen LogP contribution in [0.1, 0.15) is 11.1 Å². The molecule has 3 rings (SSSR count). The summed E-state index contributed by atoms with van der Waals surface area (Å²) in [4.78, 5) is 24.0. The van der Waals surface area contributed by atoms with Gasteiger partial charge in [-0.25, -0.2) is 0 Å². The second-order valence-electron chi connectivity index (χ2n) is 6.26. The fraction of sp³-hybridized carbons (Fsp3) is 0.200. The van der Waals surface area contributed by atoms with Crippen LogP contribution >= 0.6 is 15.9 Å². The van der Waals surface area contributed by atoms with Crippen molar-refractivity contribution in [3.8, 4) is 5.75 Å². The van der Waals surface area contributed by atoms with Crippen molar-refractivity contribution in [3.05, 3.63) is 64.3 Å². The third-order valence-corrected chi connectivity index (χ3v) is 4.57. The van der Waals surface area contributed by atoms with Crippen LogP contribution in [0.4, 0.5) is 0 Å². The highest BCUT2D eigenvalue weighted by molar-refractivity contribution is 9.10. The Hall–Kier alpha value is -2.80. The first-order chi connectivity index (χ1) is 12.9. The molecule has 0 aliphatic rings. The van der Waals surface area contributed by atoms with Crippen LogP contribution in [0.3, 0.4) is 0 Å². The Morgan fingerprint density at radius 1 is 1.04 bits per heavy atom. The van der Waals surface area contributed by atoms with E-state index in [2.05, 4.69) is 26.8 Å². The molecule has 0 fully saturated rings. The average Bonchev–Trinajstić information content (AvgIpc) is 3.02. The molecule has 0 unspecified atom stereocenters. The normalized spacial score (nSPS) is 10.6. The molecule has 0 radical (unpaired) electrons. The molecule has 0 saturated heterocycles. The van der Waals surface area contributed by atoms with Crippen LogP contribution in [-0.4, -0.2) is 23.0 Å². The van der Waals surface area contributed by atoms with Crippen molar-refractivity contribution in [2.24, 2.45) is 0 Å². The Kier molecular flexibility index (Phi) is 5.81. The number of fused-ring (bicyclic) bond motifs is 1. The molecule has 7 heteroatoms. The van der Waals surface area contributed by atoms with Crippen molar-refractivity contribution >= 4 is 38.6 Å². The van der Waals surface area contributed by atoms with E-state index in [0.29, 0.717) is 5.75 Å². The fourth-order valence-electron chi connectivity index (χ4n) is 2.91. The van der Waals surface area contributed by atoms with Crippen molar-refractivity contribution in [2.45, 2.75) is 20.4 Å². The lowest BCUT2D eigenvalue weighted by molar-refractivity contribution is -0.130. The molecule has 2 amide bonds. The lowest BCUT2D eigenvalue weighted by atomic mass is 10.1. The summed E-state index contributed by atoms with van der Waals surface area (Å²) in [5.74, 6) is -0.0818. The molecule has 0 aliphatic heterocycles. The number of aryl methyl sites for hydroxylation is 2. The summed E-state index contributed by atoms with van der Waals surface area (Å²) in [6.07, 6.45) is 1.84. The summed E-state index contributed by atoms with van der Waals surface area (Å²) >= 11 is 3.42. The van der Waals surface area contributed by atoms with Crippen LogP contribution in [-0.2, 0) is 16.1 Å². The predicted octanol–water partition coefficient (Wildman–Crippen LogP) is 3.25. The maximum absolute atomic E-state index is 12.1. The Morgan fingerprint density at radius 3 is 2.44 bits per heavy atom. The summed E-state index contributed by atoms with van der Waals surface area (Å²) in [6.45, 7) is 3.75. The number of aromatic nitrogens is 1. The number of amides is 2. The van der Waals surface area contributed by atoms with E-state index in [4.69, 9.17) is 4.74 Å². The molecule has 1 heterocycles. The zero-order chi connectivity index (χ0) is 19.4. The number of carbonyl (C=O) groups excluding carboxylic acids is 2. The van der Waals surface area contributed by atoms with E-state index in [0.717, 1.165) is 26.5 Å². The molecule has 1 aromatic heterocycles. The van der Waals surface area contributed by atoms with Gasteiger partial charge in [0.05, 0.1) is 0 Å². The number of halogens is 1. The third kappa shape index (κ3) is 4.68. The van der Waals surface area contributed by atoms with Gasteiger partial charge >= 0.3 is 0 Å². The SMILES string of the molecule is Cc1cc(Br)cc(C)c1OCC(=O)NNC(=O)Cn1ccc2ccccc21. The average molecular weight is 430 g/mol. The third-order valence-electron chi connectivity index (χ3n) is 4.11. The molecule has 0 aliphatic carbocycles. The van der Waals surface area contributed by atoms with Crippen molar-refractivity contribution < 1.29 is 14.3 Å². The van der Waals surface area contributed by atoms with E-state index < -0.39 is 5.91 Å². The standard InChI is InChI=1S/C20H20BrN3O3/c1-13-9-16(21)10-14(2)20(13)27-12-19(26)23-22-18(25)11-24-8-7-15-5-3-4-6-17(15)24/h3-10H,11-12H2,1-2H3,(H,22,25)(H,23,26). The second-order valence-corrected chi connectivity index (χ2v) is 7.17. The van der Waals surface area contributed by atoms with Crippen molar-refractivity contribution in [1.29, 1.82) is 0 Å². The topological polar surface area (TPSA) is 72.4 Å². The number of nitrogens with one attached hydrogen (secondary N) is 2. The van der Waals surface area contributed by atoms with Crippen LogP contribution in [0, 0.1) is 13.8 Å². The Bertz CT molecular complexity index is 974. The predicted molar refractivity (Wildman–Crippen MR) is 107 cm³/mol. The van der Waals surface area contributed by atoms with Gasteiger partial charge in [0.1, 0.15) is 12.3 Å². The first-order valence-corrected chi connectivity index (χ1v) is 9.24. The van der Waals surface area contributed by atoms with Gasteiger partial charge in [0.2, 0.25) is 0 Å². The van der Waals surface area contributed by atoms with Gasteiger partial charge in [0.15, 0.2) is 6.61 Å². The number of hydrogen-bond donors (Lipinski definition) is 2. The lowest BCUT2D eigenvalue weighted by Crippen LogP contribution is -2.45. The van der Waals surface area contributed by atoms with E-state index in [1.54, 1.807) is 0 Å². The molecule has 2 N–H and O–H groups in total. The zero-order valence-corrected chi connectivity index (χ0v) is 16.7. The van der Waals surface area contributed by atoms with Crippen LogP contribution in [0.2, 0.25) is 0 Å². The molecule has 0 spiro atoms. The van der Waals surface area contributed by atoms with Gasteiger partial charge in [0.25, 0.3) is 11.8 Å². The van der Waals surface area contributed by atoms with E-state index in [1.807, 2.05) is 67.1 Å². The molecule has 27 heavy (non-hydrogen) atoms. The number of benzene rings is 2. The van der Waals surface area contributed by atoms with Gasteiger partial charge in [-0.05, 0) is 54.6 Å². The van der Waals surface area contributed by atoms with E-state index >= 15 is 0 Å². The van der Waals surface area contributed by atoms with E-state index in [1.165, 1.54) is 0 Å². The maximum atomic E-state index is 12.1. The number of nitrogens with zero attached hydrogens (tertiary/aromatic N) is 1. The minimum absolute atomic E-state index is 0.111. The summed E-state index contributed by atoms with van der Waals surface area (Å²) in [5.41, 5.74) is 7.61. The first-order valence-electron chi connectivity index (χ1n) is 8.45. The quantitative estimate of drug-likeness (QED) is 0.611. The Labute approximate surface area is 165 Å². The maximum Gasteiger partial charge on any atom is 0.276 e. The molecular weight excluding hydrogens is 410 g/mol. The molecular formula is C20H20BrN3O3. The van der Waals surface area contributed by atoms with Crippen LogP contribution in [0.25, 0.3) is 10.9 Å². The molecule has 140 valence electrons. The number of hydrogen-bond acceptors (Lipinski definition) is 3. The summed E-state index contributed by atoms with van der Waals surface area (Å²) in [7, 11) is 0. The second kappa shape index (κ2) is 8.26. The highest BCUT2D eigenvalue weighted by Gasteiger charge is 2.10. The highest BCUT2D eigenvalue weighted by atomic mass is 79.9. The van der Waals surface area contributed by atoms with Crippen molar-refractivity contribution in [3.63, 3.8) is 0 Å². The van der Waals surface area contributed by atoms with Gasteiger partial charge in [-0.2, -0.15) is 0 Å². The minimum atomic E-state index is -0.428. The summed E-state index contributed by atoms with van der Waals surface area (Å²) < 4.78 is 8.37. The fourth-order valence-corrected chi connectivity index (χ4v) is 3.60. The zero-order valence-electron chi connectivity index (χ0n) is 15.1. The van der Waals surface area contributed by atoms with Crippen molar-refractivity contribution in [1.82, 2.24) is 15.4 Å².